The number of aliphatic hydroxyl groups is 1. The van der Waals surface area contributed by atoms with E-state index in [1.165, 1.54) is 0 Å². The van der Waals surface area contributed by atoms with E-state index >= 15 is 0 Å². The summed E-state index contributed by atoms with van der Waals surface area (Å²) >= 11 is 0. The zero-order chi connectivity index (χ0) is 13.4. The van der Waals surface area contributed by atoms with Crippen molar-refractivity contribution in [3.63, 3.8) is 0 Å². The Labute approximate surface area is 112 Å². The van der Waals surface area contributed by atoms with Crippen LogP contribution in [0.15, 0.2) is 48.7 Å². The molecule has 3 nitrogen and oxygen atoms in total. The van der Waals surface area contributed by atoms with Crippen LogP contribution in [0.2, 0.25) is 0 Å². The number of hydrogen-bond donors (Lipinski definition) is 1. The van der Waals surface area contributed by atoms with Crippen molar-refractivity contribution in [3.8, 4) is 11.3 Å². The Balaban J connectivity index is 2.32. The summed E-state index contributed by atoms with van der Waals surface area (Å²) in [4.78, 5) is 4.67. The molecule has 0 saturated carbocycles. The van der Waals surface area contributed by atoms with Crippen LogP contribution < -0.4 is 0 Å². The van der Waals surface area contributed by atoms with E-state index in [0.29, 0.717) is 0 Å². The highest BCUT2D eigenvalue weighted by molar-refractivity contribution is 5.67. The number of aryl methyl sites for hydroxylation is 1. The summed E-state index contributed by atoms with van der Waals surface area (Å²) in [5.41, 5.74) is 4.74. The molecule has 2 heterocycles. The summed E-state index contributed by atoms with van der Waals surface area (Å²) in [6, 6.07) is 14.0. The van der Waals surface area contributed by atoms with Gasteiger partial charge in [-0.1, -0.05) is 30.3 Å². The average Bonchev–Trinajstić information content (AvgIpc) is 2.78. The minimum Gasteiger partial charge on any atom is -0.387 e. The van der Waals surface area contributed by atoms with E-state index in [1.54, 1.807) is 6.92 Å². The van der Waals surface area contributed by atoms with Gasteiger partial charge in [0.05, 0.1) is 17.5 Å². The third kappa shape index (κ3) is 2.02. The lowest BCUT2D eigenvalue weighted by molar-refractivity contribution is 0.194. The normalized spacial score (nSPS) is 12.8. The quantitative estimate of drug-likeness (QED) is 0.759. The van der Waals surface area contributed by atoms with E-state index in [4.69, 9.17) is 0 Å². The van der Waals surface area contributed by atoms with Gasteiger partial charge >= 0.3 is 0 Å². The number of aromatic nitrogens is 2. The van der Waals surface area contributed by atoms with E-state index in [-0.39, 0.29) is 0 Å². The molecule has 0 bridgehead atoms. The van der Waals surface area contributed by atoms with Crippen molar-refractivity contribution in [2.24, 2.45) is 0 Å². The summed E-state index contributed by atoms with van der Waals surface area (Å²) in [7, 11) is 0. The van der Waals surface area contributed by atoms with Gasteiger partial charge in [-0.2, -0.15) is 0 Å². The van der Waals surface area contributed by atoms with Crippen LogP contribution in [0, 0.1) is 6.92 Å². The third-order valence-corrected chi connectivity index (χ3v) is 3.26. The summed E-state index contributed by atoms with van der Waals surface area (Å²) in [6.07, 6.45) is 1.40. The molecule has 1 aromatic carbocycles. The molecule has 3 heteroatoms. The Morgan fingerprint density at radius 1 is 1.16 bits per heavy atom. The number of rotatable bonds is 2. The predicted octanol–water partition coefficient (Wildman–Crippen LogP) is 3.36. The van der Waals surface area contributed by atoms with E-state index in [1.807, 2.05) is 60.0 Å². The molecule has 0 aliphatic heterocycles. The fourth-order valence-electron chi connectivity index (χ4n) is 2.37. The zero-order valence-electron chi connectivity index (χ0n) is 11.0. The highest BCUT2D eigenvalue weighted by Crippen LogP contribution is 2.28. The number of hydrogen-bond acceptors (Lipinski definition) is 2. The minimum atomic E-state index is -0.562. The van der Waals surface area contributed by atoms with Crippen LogP contribution in [-0.2, 0) is 0 Å². The lowest BCUT2D eigenvalue weighted by Crippen LogP contribution is -1.99. The summed E-state index contributed by atoms with van der Waals surface area (Å²) in [5.74, 6) is 0. The molecule has 0 amide bonds. The Kier molecular flexibility index (Phi) is 2.84. The van der Waals surface area contributed by atoms with Crippen LogP contribution >= 0.6 is 0 Å². The molecule has 0 saturated heterocycles. The molecule has 1 atom stereocenters. The van der Waals surface area contributed by atoms with E-state index in [0.717, 1.165) is 28.2 Å². The zero-order valence-corrected chi connectivity index (χ0v) is 11.0. The second-order valence-electron chi connectivity index (χ2n) is 4.82. The second-order valence-corrected chi connectivity index (χ2v) is 4.82. The van der Waals surface area contributed by atoms with Crippen LogP contribution in [0.1, 0.15) is 24.3 Å². The average molecular weight is 252 g/mol. The standard InChI is InChI=1S/C16H16N2O/c1-11-8-9-18-14(10-11)17-15(16(18)12(2)19)13-6-4-3-5-7-13/h3-10,12,19H,1-2H3. The fraction of sp³-hybridized carbons (Fsp3) is 0.188. The molecule has 1 unspecified atom stereocenters. The molecule has 1 N–H and O–H groups in total. The topological polar surface area (TPSA) is 37.5 Å². The van der Waals surface area contributed by atoms with E-state index in [9.17, 15) is 5.11 Å². The van der Waals surface area contributed by atoms with Gasteiger partial charge in [-0.05, 0) is 31.5 Å². The Morgan fingerprint density at radius 2 is 1.89 bits per heavy atom. The lowest BCUT2D eigenvalue weighted by Gasteiger charge is -2.07. The Morgan fingerprint density at radius 3 is 2.58 bits per heavy atom. The smallest absolute Gasteiger partial charge is 0.138 e. The Bertz CT molecular complexity index is 714. The lowest BCUT2D eigenvalue weighted by atomic mass is 10.1. The van der Waals surface area contributed by atoms with Crippen molar-refractivity contribution < 1.29 is 5.11 Å². The molecule has 0 fully saturated rings. The SMILES string of the molecule is Cc1ccn2c(C(C)O)c(-c3ccccc3)nc2c1. The first-order chi connectivity index (χ1) is 9.16. The van der Waals surface area contributed by atoms with Gasteiger partial charge in [0.25, 0.3) is 0 Å². The number of fused-ring (bicyclic) bond motifs is 1. The van der Waals surface area contributed by atoms with Crippen molar-refractivity contribution in [1.29, 1.82) is 0 Å². The van der Waals surface area contributed by atoms with Gasteiger partial charge in [0.1, 0.15) is 5.65 Å². The monoisotopic (exact) mass is 252 g/mol. The van der Waals surface area contributed by atoms with Crippen LogP contribution in [0.3, 0.4) is 0 Å². The maximum absolute atomic E-state index is 10.1. The molecule has 19 heavy (non-hydrogen) atoms. The molecule has 0 aliphatic rings. The molecule has 0 spiro atoms. The first-order valence-corrected chi connectivity index (χ1v) is 6.39. The summed E-state index contributed by atoms with van der Waals surface area (Å²) < 4.78 is 1.96. The summed E-state index contributed by atoms with van der Waals surface area (Å²) in [5, 5.41) is 10.1. The van der Waals surface area contributed by atoms with Gasteiger partial charge in [0.2, 0.25) is 0 Å². The number of nitrogens with zero attached hydrogens (tertiary/aromatic N) is 2. The van der Waals surface area contributed by atoms with Crippen molar-refractivity contribution in [3.05, 3.63) is 59.9 Å². The van der Waals surface area contributed by atoms with Crippen molar-refractivity contribution in [2.45, 2.75) is 20.0 Å². The molecule has 0 radical (unpaired) electrons. The van der Waals surface area contributed by atoms with E-state index in [2.05, 4.69) is 4.98 Å². The highest BCUT2D eigenvalue weighted by atomic mass is 16.3. The largest absolute Gasteiger partial charge is 0.387 e. The van der Waals surface area contributed by atoms with Gasteiger partial charge < -0.3 is 9.51 Å². The van der Waals surface area contributed by atoms with Gasteiger partial charge in [0, 0.05) is 11.8 Å². The van der Waals surface area contributed by atoms with E-state index < -0.39 is 6.10 Å². The Hall–Kier alpha value is -2.13. The van der Waals surface area contributed by atoms with Gasteiger partial charge in [-0.25, -0.2) is 4.98 Å². The number of imidazole rings is 1. The van der Waals surface area contributed by atoms with Gasteiger partial charge in [0.15, 0.2) is 0 Å². The molecule has 0 aliphatic carbocycles. The van der Waals surface area contributed by atoms with Crippen LogP contribution in [0.5, 0.6) is 0 Å². The molecular weight excluding hydrogens is 236 g/mol. The van der Waals surface area contributed by atoms with Crippen LogP contribution in [0.25, 0.3) is 16.9 Å². The molecule has 3 rings (SSSR count). The van der Waals surface area contributed by atoms with Gasteiger partial charge in [-0.3, -0.25) is 0 Å². The van der Waals surface area contributed by atoms with Crippen molar-refractivity contribution >= 4 is 5.65 Å². The second kappa shape index (κ2) is 4.52. The first-order valence-electron chi connectivity index (χ1n) is 6.39. The van der Waals surface area contributed by atoms with Crippen LogP contribution in [-0.4, -0.2) is 14.5 Å². The van der Waals surface area contributed by atoms with Crippen molar-refractivity contribution in [2.75, 3.05) is 0 Å². The fourth-order valence-corrected chi connectivity index (χ4v) is 2.37. The maximum atomic E-state index is 10.1. The maximum Gasteiger partial charge on any atom is 0.138 e. The molecule has 96 valence electrons. The number of pyridine rings is 1. The first kappa shape index (κ1) is 11.9. The molecule has 2 aromatic heterocycles. The van der Waals surface area contributed by atoms with Crippen LogP contribution in [0.4, 0.5) is 0 Å². The number of benzene rings is 1. The molecule has 3 aromatic rings. The molecular formula is C16H16N2O. The van der Waals surface area contributed by atoms with Gasteiger partial charge in [-0.15, -0.1) is 0 Å². The predicted molar refractivity (Wildman–Crippen MR) is 76.0 cm³/mol. The number of aliphatic hydroxyl groups excluding tert-OH is 1. The van der Waals surface area contributed by atoms with Crippen molar-refractivity contribution in [1.82, 2.24) is 9.38 Å². The highest BCUT2D eigenvalue weighted by Gasteiger charge is 2.17. The minimum absolute atomic E-state index is 0.562. The third-order valence-electron chi connectivity index (χ3n) is 3.26. The summed E-state index contributed by atoms with van der Waals surface area (Å²) in [6.45, 7) is 3.81.